The second kappa shape index (κ2) is 8.71. The Hall–Kier alpha value is -3.12. The van der Waals surface area contributed by atoms with Gasteiger partial charge in [0, 0.05) is 37.6 Å². The zero-order valence-electron chi connectivity index (χ0n) is 15.7. The Kier molecular flexibility index (Phi) is 5.68. The van der Waals surface area contributed by atoms with Crippen LogP contribution in [0.4, 0.5) is 17.1 Å². The van der Waals surface area contributed by atoms with Gasteiger partial charge in [0.1, 0.15) is 0 Å². The SMILES string of the molecule is O=C(CCNc1ccccc1N1CCOCC1)Nc1cccc2cccnc12. The van der Waals surface area contributed by atoms with E-state index < -0.39 is 0 Å². The van der Waals surface area contributed by atoms with Crippen LogP contribution in [-0.4, -0.2) is 43.7 Å². The van der Waals surface area contributed by atoms with Gasteiger partial charge in [-0.15, -0.1) is 0 Å². The van der Waals surface area contributed by atoms with Crippen molar-refractivity contribution in [2.45, 2.75) is 6.42 Å². The Morgan fingerprint density at radius 1 is 1.00 bits per heavy atom. The number of carbonyl (C=O) groups excluding carboxylic acids is 1. The van der Waals surface area contributed by atoms with Crippen LogP contribution in [0.3, 0.4) is 0 Å². The van der Waals surface area contributed by atoms with Gasteiger partial charge in [-0.2, -0.15) is 0 Å². The monoisotopic (exact) mass is 376 g/mol. The zero-order chi connectivity index (χ0) is 19.2. The highest BCUT2D eigenvalue weighted by atomic mass is 16.5. The Morgan fingerprint density at radius 2 is 1.79 bits per heavy atom. The number of rotatable bonds is 6. The number of carbonyl (C=O) groups is 1. The van der Waals surface area contributed by atoms with E-state index >= 15 is 0 Å². The number of hydrogen-bond acceptors (Lipinski definition) is 5. The second-order valence-corrected chi connectivity index (χ2v) is 6.72. The average Bonchev–Trinajstić information content (AvgIpc) is 2.75. The Balaban J connectivity index is 1.36. The number of hydrogen-bond donors (Lipinski definition) is 2. The molecule has 1 amide bonds. The van der Waals surface area contributed by atoms with Gasteiger partial charge in [0.2, 0.25) is 5.91 Å². The molecular formula is C22H24N4O2. The van der Waals surface area contributed by atoms with Crippen LogP contribution in [0.15, 0.2) is 60.8 Å². The van der Waals surface area contributed by atoms with Gasteiger partial charge in [-0.1, -0.05) is 30.3 Å². The first-order valence-corrected chi connectivity index (χ1v) is 9.60. The van der Waals surface area contributed by atoms with E-state index in [1.807, 2.05) is 42.5 Å². The Bertz CT molecular complexity index is 949. The van der Waals surface area contributed by atoms with Crippen molar-refractivity contribution >= 4 is 33.9 Å². The van der Waals surface area contributed by atoms with E-state index in [0.717, 1.165) is 54.3 Å². The van der Waals surface area contributed by atoms with E-state index in [0.29, 0.717) is 13.0 Å². The lowest BCUT2D eigenvalue weighted by atomic mass is 10.2. The number of morpholine rings is 1. The van der Waals surface area contributed by atoms with Crippen LogP contribution >= 0.6 is 0 Å². The fourth-order valence-electron chi connectivity index (χ4n) is 3.43. The number of nitrogens with one attached hydrogen (secondary N) is 2. The second-order valence-electron chi connectivity index (χ2n) is 6.72. The summed E-state index contributed by atoms with van der Waals surface area (Å²) in [6.45, 7) is 3.82. The standard InChI is InChI=1S/C22H24N4O2/c27-21(25-19-8-3-5-17-6-4-11-24-22(17)19)10-12-23-18-7-1-2-9-20(18)26-13-15-28-16-14-26/h1-9,11,23H,10,12-16H2,(H,25,27). The molecule has 1 saturated heterocycles. The molecule has 0 atom stereocenters. The Morgan fingerprint density at radius 3 is 2.68 bits per heavy atom. The zero-order valence-corrected chi connectivity index (χ0v) is 15.7. The maximum absolute atomic E-state index is 12.4. The number of pyridine rings is 1. The molecule has 0 spiro atoms. The van der Waals surface area contributed by atoms with Crippen LogP contribution in [0.1, 0.15) is 6.42 Å². The molecule has 3 aromatic rings. The summed E-state index contributed by atoms with van der Waals surface area (Å²) in [7, 11) is 0. The summed E-state index contributed by atoms with van der Waals surface area (Å²) < 4.78 is 5.44. The van der Waals surface area contributed by atoms with Crippen LogP contribution in [0.5, 0.6) is 0 Å². The number of amides is 1. The number of ether oxygens (including phenoxy) is 1. The van der Waals surface area contributed by atoms with Gasteiger partial charge in [0.15, 0.2) is 0 Å². The normalized spacial score (nSPS) is 14.1. The van der Waals surface area contributed by atoms with E-state index in [2.05, 4.69) is 32.7 Å². The summed E-state index contributed by atoms with van der Waals surface area (Å²) in [5.74, 6) is -0.0329. The van der Waals surface area contributed by atoms with Crippen molar-refractivity contribution in [3.8, 4) is 0 Å². The van der Waals surface area contributed by atoms with Crippen molar-refractivity contribution in [3.63, 3.8) is 0 Å². The van der Waals surface area contributed by atoms with Crippen LogP contribution < -0.4 is 15.5 Å². The van der Waals surface area contributed by atoms with Gasteiger partial charge in [-0.05, 0) is 24.3 Å². The molecule has 2 N–H and O–H groups in total. The lowest BCUT2D eigenvalue weighted by Gasteiger charge is -2.30. The summed E-state index contributed by atoms with van der Waals surface area (Å²) in [6, 6.07) is 17.9. The average molecular weight is 376 g/mol. The first-order chi connectivity index (χ1) is 13.8. The molecule has 0 unspecified atom stereocenters. The van der Waals surface area contributed by atoms with Gasteiger partial charge in [-0.25, -0.2) is 0 Å². The topological polar surface area (TPSA) is 66.5 Å². The molecule has 144 valence electrons. The molecule has 2 heterocycles. The van der Waals surface area contributed by atoms with Crippen LogP contribution in [-0.2, 0) is 9.53 Å². The first kappa shape index (κ1) is 18.3. The maximum atomic E-state index is 12.4. The fourth-order valence-corrected chi connectivity index (χ4v) is 3.43. The number of benzene rings is 2. The van der Waals surface area contributed by atoms with Crippen molar-refractivity contribution in [1.82, 2.24) is 4.98 Å². The maximum Gasteiger partial charge on any atom is 0.226 e. The number of anilines is 3. The van der Waals surface area contributed by atoms with Gasteiger partial charge in [-0.3, -0.25) is 9.78 Å². The third kappa shape index (κ3) is 4.23. The number of fused-ring (bicyclic) bond motifs is 1. The predicted octanol–water partition coefficient (Wildman–Crippen LogP) is 3.51. The molecule has 0 radical (unpaired) electrons. The number of para-hydroxylation sites is 3. The minimum atomic E-state index is -0.0329. The van der Waals surface area contributed by atoms with Gasteiger partial charge in [0.05, 0.1) is 35.8 Å². The molecule has 0 bridgehead atoms. The highest BCUT2D eigenvalue weighted by Crippen LogP contribution is 2.26. The van der Waals surface area contributed by atoms with E-state index in [1.165, 1.54) is 0 Å². The number of nitrogens with zero attached hydrogens (tertiary/aromatic N) is 2. The van der Waals surface area contributed by atoms with Crippen LogP contribution in [0.2, 0.25) is 0 Å². The molecule has 2 aromatic carbocycles. The lowest BCUT2D eigenvalue weighted by Crippen LogP contribution is -2.36. The molecule has 0 saturated carbocycles. The molecule has 0 aliphatic carbocycles. The lowest BCUT2D eigenvalue weighted by molar-refractivity contribution is -0.115. The van der Waals surface area contributed by atoms with E-state index in [-0.39, 0.29) is 5.91 Å². The minimum Gasteiger partial charge on any atom is -0.383 e. The van der Waals surface area contributed by atoms with Gasteiger partial charge in [0.25, 0.3) is 0 Å². The van der Waals surface area contributed by atoms with Gasteiger partial charge >= 0.3 is 0 Å². The summed E-state index contributed by atoms with van der Waals surface area (Å²) >= 11 is 0. The highest BCUT2D eigenvalue weighted by Gasteiger charge is 2.14. The number of aromatic nitrogens is 1. The van der Waals surface area contributed by atoms with Crippen LogP contribution in [0.25, 0.3) is 10.9 Å². The van der Waals surface area contributed by atoms with Crippen molar-refractivity contribution in [3.05, 3.63) is 60.8 Å². The van der Waals surface area contributed by atoms with E-state index in [9.17, 15) is 4.79 Å². The summed E-state index contributed by atoms with van der Waals surface area (Å²) in [6.07, 6.45) is 2.11. The first-order valence-electron chi connectivity index (χ1n) is 9.60. The summed E-state index contributed by atoms with van der Waals surface area (Å²) in [5.41, 5.74) is 3.76. The summed E-state index contributed by atoms with van der Waals surface area (Å²) in [4.78, 5) is 19.1. The molecule has 1 aromatic heterocycles. The van der Waals surface area contributed by atoms with E-state index in [1.54, 1.807) is 6.20 Å². The third-order valence-electron chi connectivity index (χ3n) is 4.83. The minimum absolute atomic E-state index is 0.0329. The van der Waals surface area contributed by atoms with E-state index in [4.69, 9.17) is 4.74 Å². The molecule has 6 heteroatoms. The fraction of sp³-hybridized carbons (Fsp3) is 0.273. The molecule has 1 aliphatic heterocycles. The molecule has 28 heavy (non-hydrogen) atoms. The molecule has 6 nitrogen and oxygen atoms in total. The molecular weight excluding hydrogens is 352 g/mol. The van der Waals surface area contributed by atoms with Crippen molar-refractivity contribution < 1.29 is 9.53 Å². The molecule has 4 rings (SSSR count). The smallest absolute Gasteiger partial charge is 0.226 e. The van der Waals surface area contributed by atoms with Crippen molar-refractivity contribution in [2.75, 3.05) is 48.4 Å². The highest BCUT2D eigenvalue weighted by molar-refractivity contribution is 6.00. The van der Waals surface area contributed by atoms with Crippen molar-refractivity contribution in [2.24, 2.45) is 0 Å². The largest absolute Gasteiger partial charge is 0.383 e. The van der Waals surface area contributed by atoms with Crippen molar-refractivity contribution in [1.29, 1.82) is 0 Å². The van der Waals surface area contributed by atoms with Gasteiger partial charge < -0.3 is 20.3 Å². The quantitative estimate of drug-likeness (QED) is 0.689. The predicted molar refractivity (Wildman–Crippen MR) is 113 cm³/mol. The third-order valence-corrected chi connectivity index (χ3v) is 4.83. The summed E-state index contributed by atoms with van der Waals surface area (Å²) in [5, 5.41) is 7.40. The molecule has 1 aliphatic rings. The van der Waals surface area contributed by atoms with Crippen LogP contribution in [0, 0.1) is 0 Å². The molecule has 1 fully saturated rings. The Labute approximate surface area is 164 Å².